The molecule has 0 saturated heterocycles. The molecule has 0 spiro atoms. The van der Waals surface area contributed by atoms with Gasteiger partial charge in [0.25, 0.3) is 5.91 Å². The zero-order valence-electron chi connectivity index (χ0n) is 15.4. The van der Waals surface area contributed by atoms with Crippen molar-refractivity contribution in [3.8, 4) is 0 Å². The second kappa shape index (κ2) is 8.50. The lowest BCUT2D eigenvalue weighted by molar-refractivity contribution is -0.115. The maximum atomic E-state index is 12.5. The van der Waals surface area contributed by atoms with Crippen LogP contribution in [0.5, 0.6) is 0 Å². The Morgan fingerprint density at radius 1 is 1.03 bits per heavy atom. The van der Waals surface area contributed by atoms with Gasteiger partial charge in [0, 0.05) is 10.6 Å². The minimum Gasteiger partial charge on any atom is -0.459 e. The second-order valence-electron chi connectivity index (χ2n) is 6.19. The summed E-state index contributed by atoms with van der Waals surface area (Å²) in [5.74, 6) is -0.160. The monoisotopic (exact) mass is 423 g/mol. The van der Waals surface area contributed by atoms with E-state index in [2.05, 4.69) is 15.6 Å². The Kier molecular flexibility index (Phi) is 5.64. The van der Waals surface area contributed by atoms with Crippen molar-refractivity contribution in [2.45, 2.75) is 17.1 Å². The van der Waals surface area contributed by atoms with Gasteiger partial charge >= 0.3 is 0 Å². The van der Waals surface area contributed by atoms with Gasteiger partial charge in [-0.2, -0.15) is 0 Å². The number of thioether (sulfide) groups is 1. The Bertz CT molecular complexity index is 1100. The fraction of sp³-hybridized carbons (Fsp3) is 0.0952. The lowest BCUT2D eigenvalue weighted by Gasteiger charge is -2.11. The van der Waals surface area contributed by atoms with Crippen LogP contribution in [0.3, 0.4) is 0 Å². The maximum absolute atomic E-state index is 12.5. The number of hydrogen-bond donors (Lipinski definition) is 2. The highest BCUT2D eigenvalue weighted by molar-refractivity contribution is 8.00. The average Bonchev–Trinajstić information content (AvgIpc) is 3.38. The number of amides is 2. The summed E-state index contributed by atoms with van der Waals surface area (Å²) in [6, 6.07) is 18.4. The number of para-hydroxylation sites is 1. The zero-order valence-corrected chi connectivity index (χ0v) is 17.0. The molecule has 146 valence electrons. The van der Waals surface area contributed by atoms with Crippen LogP contribution < -0.4 is 10.6 Å². The normalized spacial score (nSPS) is 11.9. The van der Waals surface area contributed by atoms with Crippen molar-refractivity contribution in [1.82, 2.24) is 4.98 Å². The van der Waals surface area contributed by atoms with E-state index < -0.39 is 0 Å². The summed E-state index contributed by atoms with van der Waals surface area (Å²) in [4.78, 5) is 29.9. The third-order valence-corrected chi connectivity index (χ3v) is 6.13. The van der Waals surface area contributed by atoms with Crippen LogP contribution >= 0.6 is 23.1 Å². The molecule has 0 saturated carbocycles. The third-order valence-electron chi connectivity index (χ3n) is 4.06. The summed E-state index contributed by atoms with van der Waals surface area (Å²) in [5.41, 5.74) is 1.53. The molecule has 0 aliphatic heterocycles. The van der Waals surface area contributed by atoms with Gasteiger partial charge in [-0.15, -0.1) is 11.8 Å². The fourth-order valence-corrected chi connectivity index (χ4v) is 4.34. The summed E-state index contributed by atoms with van der Waals surface area (Å²) in [6.45, 7) is 1.85. The van der Waals surface area contributed by atoms with Crippen LogP contribution in [0.1, 0.15) is 17.5 Å². The van der Waals surface area contributed by atoms with Gasteiger partial charge in [-0.1, -0.05) is 23.5 Å². The van der Waals surface area contributed by atoms with Crippen LogP contribution in [0.2, 0.25) is 0 Å². The van der Waals surface area contributed by atoms with E-state index in [1.165, 1.54) is 29.4 Å². The molecule has 2 amide bonds. The molecule has 1 atom stereocenters. The van der Waals surface area contributed by atoms with Crippen LogP contribution in [0.15, 0.2) is 76.2 Å². The van der Waals surface area contributed by atoms with Gasteiger partial charge in [0.15, 0.2) is 10.9 Å². The summed E-state index contributed by atoms with van der Waals surface area (Å²) in [5, 5.41) is 5.95. The molecule has 4 rings (SSSR count). The molecule has 4 aromatic rings. The first-order valence-electron chi connectivity index (χ1n) is 8.86. The predicted octanol–water partition coefficient (Wildman–Crippen LogP) is 5.26. The highest BCUT2D eigenvalue weighted by atomic mass is 32.2. The number of nitrogens with one attached hydrogen (secondary N) is 2. The molecule has 29 heavy (non-hydrogen) atoms. The number of thiazole rings is 1. The van der Waals surface area contributed by atoms with E-state index in [0.717, 1.165) is 15.1 Å². The Labute approximate surface area is 175 Å². The highest BCUT2D eigenvalue weighted by Crippen LogP contribution is 2.28. The van der Waals surface area contributed by atoms with Gasteiger partial charge in [0.1, 0.15) is 0 Å². The number of carbonyl (C=O) groups is 2. The highest BCUT2D eigenvalue weighted by Gasteiger charge is 2.16. The molecule has 8 heteroatoms. The first-order valence-corrected chi connectivity index (χ1v) is 10.6. The molecule has 0 aliphatic rings. The molecule has 1 unspecified atom stereocenters. The first kappa shape index (κ1) is 19.2. The van der Waals surface area contributed by atoms with Crippen molar-refractivity contribution in [2.75, 3.05) is 10.6 Å². The second-order valence-corrected chi connectivity index (χ2v) is 8.64. The molecule has 0 radical (unpaired) electrons. The molecular weight excluding hydrogens is 406 g/mol. The van der Waals surface area contributed by atoms with Crippen LogP contribution in [0.4, 0.5) is 10.8 Å². The van der Waals surface area contributed by atoms with Gasteiger partial charge in [-0.25, -0.2) is 4.98 Å². The van der Waals surface area contributed by atoms with Crippen LogP contribution in [0, 0.1) is 0 Å². The Morgan fingerprint density at radius 2 is 1.83 bits per heavy atom. The molecule has 2 N–H and O–H groups in total. The number of fused-ring (bicyclic) bond motifs is 1. The molecule has 2 aromatic carbocycles. The van der Waals surface area contributed by atoms with Crippen molar-refractivity contribution >= 4 is 55.9 Å². The van der Waals surface area contributed by atoms with Gasteiger partial charge in [-0.3, -0.25) is 9.59 Å². The Balaban J connectivity index is 1.34. The molecule has 2 aromatic heterocycles. The maximum Gasteiger partial charge on any atom is 0.291 e. The van der Waals surface area contributed by atoms with E-state index in [1.54, 1.807) is 24.3 Å². The van der Waals surface area contributed by atoms with Gasteiger partial charge in [0.2, 0.25) is 5.91 Å². The lowest BCUT2D eigenvalue weighted by Crippen LogP contribution is -2.22. The number of furan rings is 1. The van der Waals surface area contributed by atoms with Crippen LogP contribution in [-0.2, 0) is 4.79 Å². The van der Waals surface area contributed by atoms with Crippen molar-refractivity contribution in [3.63, 3.8) is 0 Å². The molecular formula is C21H17N3O3S2. The smallest absolute Gasteiger partial charge is 0.291 e. The number of benzene rings is 2. The third kappa shape index (κ3) is 4.67. The number of hydrogen-bond acceptors (Lipinski definition) is 6. The van der Waals surface area contributed by atoms with Crippen molar-refractivity contribution in [1.29, 1.82) is 0 Å². The van der Waals surface area contributed by atoms with E-state index >= 15 is 0 Å². The topological polar surface area (TPSA) is 84.2 Å². The van der Waals surface area contributed by atoms with Gasteiger partial charge in [0.05, 0.1) is 21.7 Å². The number of anilines is 2. The van der Waals surface area contributed by atoms with E-state index in [9.17, 15) is 9.59 Å². The number of nitrogens with zero attached hydrogens (tertiary/aromatic N) is 1. The first-order chi connectivity index (χ1) is 14.1. The number of rotatable bonds is 6. The lowest BCUT2D eigenvalue weighted by atomic mass is 10.3. The van der Waals surface area contributed by atoms with Crippen molar-refractivity contribution in [2.24, 2.45) is 0 Å². The average molecular weight is 424 g/mol. The van der Waals surface area contributed by atoms with E-state index in [4.69, 9.17) is 4.42 Å². The molecule has 0 bridgehead atoms. The minimum atomic E-state index is -0.306. The molecule has 0 fully saturated rings. The molecule has 0 aliphatic carbocycles. The predicted molar refractivity (Wildman–Crippen MR) is 117 cm³/mol. The number of carbonyl (C=O) groups excluding carboxylic acids is 2. The van der Waals surface area contributed by atoms with Crippen LogP contribution in [0.25, 0.3) is 10.2 Å². The quantitative estimate of drug-likeness (QED) is 0.413. The Hall–Kier alpha value is -3.10. The standard InChI is InChI=1S/C21H17N3O3S2/c1-13(19(25)24-21-23-16-5-2-3-7-18(16)29-21)28-15-10-8-14(9-11-15)22-20(26)17-6-4-12-27-17/h2-13H,1H3,(H,22,26)(H,23,24,25). The molecule has 2 heterocycles. The van der Waals surface area contributed by atoms with Gasteiger partial charge < -0.3 is 15.1 Å². The summed E-state index contributed by atoms with van der Waals surface area (Å²) < 4.78 is 6.11. The zero-order chi connectivity index (χ0) is 20.2. The SMILES string of the molecule is CC(Sc1ccc(NC(=O)c2ccco2)cc1)C(=O)Nc1nc2ccccc2s1. The largest absolute Gasteiger partial charge is 0.459 e. The van der Waals surface area contributed by atoms with Crippen molar-refractivity contribution < 1.29 is 14.0 Å². The summed E-state index contributed by atoms with van der Waals surface area (Å²) in [7, 11) is 0. The van der Waals surface area contributed by atoms with Crippen LogP contribution in [-0.4, -0.2) is 22.0 Å². The fourth-order valence-electron chi connectivity index (χ4n) is 2.61. The number of aromatic nitrogens is 1. The van der Waals surface area contributed by atoms with E-state index in [-0.39, 0.29) is 22.8 Å². The van der Waals surface area contributed by atoms with Gasteiger partial charge in [-0.05, 0) is 55.5 Å². The Morgan fingerprint density at radius 3 is 2.55 bits per heavy atom. The molecule has 6 nitrogen and oxygen atoms in total. The van der Waals surface area contributed by atoms with E-state index in [0.29, 0.717) is 10.8 Å². The van der Waals surface area contributed by atoms with E-state index in [1.807, 2.05) is 43.3 Å². The minimum absolute atomic E-state index is 0.107. The van der Waals surface area contributed by atoms with Crippen molar-refractivity contribution in [3.05, 3.63) is 72.7 Å². The summed E-state index contributed by atoms with van der Waals surface area (Å²) in [6.07, 6.45) is 1.45. The summed E-state index contributed by atoms with van der Waals surface area (Å²) >= 11 is 2.89.